The molecule has 0 spiro atoms. The molecule has 6 heteroatoms. The number of carbonyl (C=O) groups excluding carboxylic acids is 3. The van der Waals surface area contributed by atoms with Gasteiger partial charge in [0.1, 0.15) is 18.1 Å². The Morgan fingerprint density at radius 2 is 1.13 bits per heavy atom. The Balaban J connectivity index is 2.40. The quantitative estimate of drug-likeness (QED) is 0.379. The molecule has 0 unspecified atom stereocenters. The summed E-state index contributed by atoms with van der Waals surface area (Å²) in [5, 5.41) is 0. The van der Waals surface area contributed by atoms with Crippen molar-refractivity contribution in [2.75, 3.05) is 6.61 Å². The maximum Gasteiger partial charge on any atom is 0.308 e. The number of hydrogen-bond acceptors (Lipinski definition) is 6. The van der Waals surface area contributed by atoms with Gasteiger partial charge in [-0.3, -0.25) is 14.4 Å². The average molecular weight is 408 g/mol. The van der Waals surface area contributed by atoms with Crippen LogP contribution < -0.4 is 9.47 Å². The van der Waals surface area contributed by atoms with Gasteiger partial charge in [0.15, 0.2) is 0 Å². The zero-order valence-electron chi connectivity index (χ0n) is 17.4. The highest BCUT2D eigenvalue weighted by Crippen LogP contribution is 2.33. The molecule has 0 aliphatic rings. The third kappa shape index (κ3) is 6.74. The summed E-state index contributed by atoms with van der Waals surface area (Å²) in [6, 6.07) is 14.2. The Kier molecular flexibility index (Phi) is 8.11. The first-order valence-corrected chi connectivity index (χ1v) is 9.38. The smallest absolute Gasteiger partial charge is 0.308 e. The minimum atomic E-state index is -0.393. The van der Waals surface area contributed by atoms with Crippen LogP contribution in [0.1, 0.15) is 38.8 Å². The molecule has 2 aromatic rings. The van der Waals surface area contributed by atoms with Crippen LogP contribution in [0, 0.1) is 0 Å². The summed E-state index contributed by atoms with van der Waals surface area (Å²) in [5.74, 6) is -0.251. The van der Waals surface area contributed by atoms with Crippen LogP contribution in [0.25, 0.3) is 11.1 Å². The van der Waals surface area contributed by atoms with Crippen molar-refractivity contribution in [2.24, 2.45) is 0 Å². The second-order valence-corrected chi connectivity index (χ2v) is 6.36. The van der Waals surface area contributed by atoms with Gasteiger partial charge < -0.3 is 14.2 Å². The van der Waals surface area contributed by atoms with Crippen molar-refractivity contribution < 1.29 is 28.6 Å². The molecule has 0 radical (unpaired) electrons. The van der Waals surface area contributed by atoms with Gasteiger partial charge in [0.05, 0.1) is 0 Å². The van der Waals surface area contributed by atoms with E-state index in [1.807, 2.05) is 43.3 Å². The third-order valence-corrected chi connectivity index (χ3v) is 4.01. The molecule has 0 fully saturated rings. The van der Waals surface area contributed by atoms with E-state index in [4.69, 9.17) is 14.2 Å². The van der Waals surface area contributed by atoms with E-state index in [0.29, 0.717) is 11.5 Å². The molecular formula is C24H24O6. The van der Waals surface area contributed by atoms with Gasteiger partial charge in [0.25, 0.3) is 0 Å². The first kappa shape index (κ1) is 22.6. The second kappa shape index (κ2) is 10.8. The van der Waals surface area contributed by atoms with Crippen LogP contribution in [0.4, 0.5) is 0 Å². The molecule has 0 aromatic heterocycles. The van der Waals surface area contributed by atoms with E-state index in [9.17, 15) is 14.4 Å². The molecule has 156 valence electrons. The lowest BCUT2D eigenvalue weighted by Crippen LogP contribution is -2.02. The number of allylic oxidation sites excluding steroid dienone is 3. The third-order valence-electron chi connectivity index (χ3n) is 4.01. The number of ether oxygens (including phenoxy) is 3. The molecule has 30 heavy (non-hydrogen) atoms. The van der Waals surface area contributed by atoms with Gasteiger partial charge in [-0.1, -0.05) is 30.3 Å². The van der Waals surface area contributed by atoms with Crippen LogP contribution in [-0.2, 0) is 19.1 Å². The van der Waals surface area contributed by atoms with Crippen molar-refractivity contribution in [1.82, 2.24) is 0 Å². The highest BCUT2D eigenvalue weighted by molar-refractivity contribution is 6.05. The molecule has 0 aliphatic heterocycles. The fraction of sp³-hybridized carbons (Fsp3) is 0.208. The Hall–Kier alpha value is -3.67. The predicted molar refractivity (Wildman–Crippen MR) is 114 cm³/mol. The van der Waals surface area contributed by atoms with Crippen LogP contribution in [0.2, 0.25) is 0 Å². The standard InChI is InChI=1S/C24H24O6/c1-5-23(19-6-10-21(11-7-19)29-17(3)26)24(14-15-28-16(2)25)20-8-12-22(13-9-20)30-18(4)27/h5-14H,15H2,1-4H3/b23-5-,24-14-. The number of rotatable bonds is 7. The first-order chi connectivity index (χ1) is 14.3. The van der Waals surface area contributed by atoms with Crippen molar-refractivity contribution in [1.29, 1.82) is 0 Å². The van der Waals surface area contributed by atoms with Crippen molar-refractivity contribution in [2.45, 2.75) is 27.7 Å². The Morgan fingerprint density at radius 1 is 0.700 bits per heavy atom. The summed E-state index contributed by atoms with van der Waals surface area (Å²) in [6.45, 7) is 6.06. The molecule has 0 heterocycles. The summed E-state index contributed by atoms with van der Waals surface area (Å²) < 4.78 is 15.3. The summed E-state index contributed by atoms with van der Waals surface area (Å²) in [4.78, 5) is 33.5. The van der Waals surface area contributed by atoms with Gasteiger partial charge in [-0.25, -0.2) is 0 Å². The maximum atomic E-state index is 11.2. The first-order valence-electron chi connectivity index (χ1n) is 9.38. The second-order valence-electron chi connectivity index (χ2n) is 6.36. The van der Waals surface area contributed by atoms with E-state index in [1.165, 1.54) is 20.8 Å². The lowest BCUT2D eigenvalue weighted by Gasteiger charge is -2.15. The van der Waals surface area contributed by atoms with Gasteiger partial charge in [-0.05, 0) is 59.5 Å². The lowest BCUT2D eigenvalue weighted by molar-refractivity contribution is -0.139. The molecule has 0 saturated heterocycles. The summed E-state index contributed by atoms with van der Waals surface area (Å²) in [6.07, 6.45) is 3.76. The van der Waals surface area contributed by atoms with Crippen LogP contribution in [0.15, 0.2) is 60.7 Å². The van der Waals surface area contributed by atoms with E-state index < -0.39 is 5.97 Å². The lowest BCUT2D eigenvalue weighted by atomic mass is 9.91. The van der Waals surface area contributed by atoms with Gasteiger partial charge >= 0.3 is 17.9 Å². The molecule has 0 bridgehead atoms. The number of hydrogen-bond donors (Lipinski definition) is 0. The van der Waals surface area contributed by atoms with Gasteiger partial charge in [0.2, 0.25) is 0 Å². The minimum Gasteiger partial charge on any atom is -0.462 e. The fourth-order valence-electron chi connectivity index (χ4n) is 2.84. The van der Waals surface area contributed by atoms with E-state index in [-0.39, 0.29) is 18.5 Å². The Labute approximate surface area is 175 Å². The Bertz CT molecular complexity index is 966. The molecule has 0 saturated carbocycles. The largest absolute Gasteiger partial charge is 0.462 e. The van der Waals surface area contributed by atoms with Crippen molar-refractivity contribution >= 4 is 29.1 Å². The number of esters is 3. The number of benzene rings is 2. The van der Waals surface area contributed by atoms with Crippen LogP contribution in [0.5, 0.6) is 11.5 Å². The molecule has 0 aliphatic carbocycles. The summed E-state index contributed by atoms with van der Waals surface area (Å²) in [7, 11) is 0. The van der Waals surface area contributed by atoms with Crippen LogP contribution >= 0.6 is 0 Å². The predicted octanol–water partition coefficient (Wildman–Crippen LogP) is 4.59. The Morgan fingerprint density at radius 3 is 1.50 bits per heavy atom. The zero-order valence-corrected chi connectivity index (χ0v) is 17.4. The highest BCUT2D eigenvalue weighted by Gasteiger charge is 2.12. The van der Waals surface area contributed by atoms with Crippen molar-refractivity contribution in [3.63, 3.8) is 0 Å². The maximum absolute atomic E-state index is 11.2. The topological polar surface area (TPSA) is 78.9 Å². The van der Waals surface area contributed by atoms with Crippen molar-refractivity contribution in [3.8, 4) is 11.5 Å². The summed E-state index contributed by atoms with van der Waals surface area (Å²) >= 11 is 0. The molecule has 0 N–H and O–H groups in total. The summed E-state index contributed by atoms with van der Waals surface area (Å²) in [5.41, 5.74) is 3.49. The average Bonchev–Trinajstić information content (AvgIpc) is 2.68. The van der Waals surface area contributed by atoms with E-state index in [2.05, 4.69) is 0 Å². The molecular weight excluding hydrogens is 384 g/mol. The highest BCUT2D eigenvalue weighted by atomic mass is 16.5. The van der Waals surface area contributed by atoms with E-state index >= 15 is 0 Å². The monoisotopic (exact) mass is 408 g/mol. The van der Waals surface area contributed by atoms with E-state index in [1.54, 1.807) is 24.3 Å². The van der Waals surface area contributed by atoms with E-state index in [0.717, 1.165) is 22.3 Å². The minimum absolute atomic E-state index is 0.110. The van der Waals surface area contributed by atoms with Gasteiger partial charge in [-0.2, -0.15) is 0 Å². The normalized spacial score (nSPS) is 11.6. The van der Waals surface area contributed by atoms with Crippen LogP contribution in [-0.4, -0.2) is 24.5 Å². The molecule has 0 amide bonds. The zero-order chi connectivity index (χ0) is 22.1. The fourth-order valence-corrected chi connectivity index (χ4v) is 2.84. The van der Waals surface area contributed by atoms with Crippen LogP contribution in [0.3, 0.4) is 0 Å². The van der Waals surface area contributed by atoms with Crippen molar-refractivity contribution in [3.05, 3.63) is 71.8 Å². The molecule has 2 aromatic carbocycles. The molecule has 6 nitrogen and oxygen atoms in total. The molecule has 0 atom stereocenters. The molecule has 2 rings (SSSR count). The van der Waals surface area contributed by atoms with Gasteiger partial charge in [0, 0.05) is 20.8 Å². The number of carbonyl (C=O) groups is 3. The van der Waals surface area contributed by atoms with Gasteiger partial charge in [-0.15, -0.1) is 0 Å². The SMILES string of the molecule is C/C=C(\C(=C/COC(C)=O)c1ccc(OC(C)=O)cc1)c1ccc(OC(C)=O)cc1.